The minimum atomic E-state index is -0.148. The minimum Gasteiger partial charge on any atom is -0.355 e. The maximum Gasteiger partial charge on any atom is 0.238 e. The Morgan fingerprint density at radius 3 is 2.50 bits per heavy atom. The van der Waals surface area contributed by atoms with Crippen LogP contribution in [0.3, 0.4) is 0 Å². The smallest absolute Gasteiger partial charge is 0.238 e. The quantitative estimate of drug-likeness (QED) is 0.714. The number of hydrazine groups is 1. The molecule has 1 aliphatic rings. The van der Waals surface area contributed by atoms with E-state index in [4.69, 9.17) is 0 Å². The van der Waals surface area contributed by atoms with Crippen molar-refractivity contribution in [1.82, 2.24) is 15.8 Å². The summed E-state index contributed by atoms with van der Waals surface area (Å²) in [6, 6.07) is 0.879. The molecule has 2 N–H and O–H groups in total. The SMILES string of the molecule is CCCCNC(=O)C(C)NN1C(C)CCCC1C. The standard InChI is InChI=1S/C14H29N3O/c1-5-6-10-15-14(18)13(4)16-17-11(2)8-7-9-12(17)3/h11-13,16H,5-10H2,1-4H3,(H,15,18). The molecule has 1 fully saturated rings. The van der Waals surface area contributed by atoms with E-state index in [1.54, 1.807) is 0 Å². The normalized spacial score (nSPS) is 26.9. The van der Waals surface area contributed by atoms with Crippen LogP contribution < -0.4 is 10.7 Å². The van der Waals surface area contributed by atoms with E-state index in [9.17, 15) is 4.79 Å². The highest BCUT2D eigenvalue weighted by Crippen LogP contribution is 2.20. The van der Waals surface area contributed by atoms with Gasteiger partial charge in [0.2, 0.25) is 5.91 Å². The molecule has 4 heteroatoms. The highest BCUT2D eigenvalue weighted by Gasteiger charge is 2.27. The predicted molar refractivity (Wildman–Crippen MR) is 75.1 cm³/mol. The summed E-state index contributed by atoms with van der Waals surface area (Å²) < 4.78 is 0. The van der Waals surface area contributed by atoms with E-state index < -0.39 is 0 Å². The summed E-state index contributed by atoms with van der Waals surface area (Å²) >= 11 is 0. The largest absolute Gasteiger partial charge is 0.355 e. The van der Waals surface area contributed by atoms with Crippen LogP contribution in [0.25, 0.3) is 0 Å². The van der Waals surface area contributed by atoms with E-state index in [1.807, 2.05) is 6.92 Å². The Kier molecular flexibility index (Phi) is 6.65. The maximum absolute atomic E-state index is 11.9. The number of rotatable bonds is 6. The minimum absolute atomic E-state index is 0.105. The molecule has 3 atom stereocenters. The first-order valence-electron chi connectivity index (χ1n) is 7.38. The molecule has 0 bridgehead atoms. The third-order valence-electron chi connectivity index (χ3n) is 3.76. The summed E-state index contributed by atoms with van der Waals surface area (Å²) in [4.78, 5) is 11.9. The van der Waals surface area contributed by atoms with Crippen LogP contribution in [0.4, 0.5) is 0 Å². The highest BCUT2D eigenvalue weighted by molar-refractivity contribution is 5.81. The van der Waals surface area contributed by atoms with Crippen molar-refractivity contribution >= 4 is 5.91 Å². The Morgan fingerprint density at radius 2 is 1.94 bits per heavy atom. The summed E-state index contributed by atoms with van der Waals surface area (Å²) in [6.07, 6.45) is 5.87. The lowest BCUT2D eigenvalue weighted by Crippen LogP contribution is -2.58. The van der Waals surface area contributed by atoms with Crippen molar-refractivity contribution in [2.24, 2.45) is 0 Å². The van der Waals surface area contributed by atoms with E-state index in [1.165, 1.54) is 19.3 Å². The third-order valence-corrected chi connectivity index (χ3v) is 3.76. The number of hydrogen-bond donors (Lipinski definition) is 2. The molecule has 1 amide bonds. The third kappa shape index (κ3) is 4.58. The van der Waals surface area contributed by atoms with Gasteiger partial charge in [0.15, 0.2) is 0 Å². The number of nitrogens with zero attached hydrogens (tertiary/aromatic N) is 1. The van der Waals surface area contributed by atoms with Gasteiger partial charge in [0.05, 0.1) is 6.04 Å². The Labute approximate surface area is 111 Å². The molecule has 0 saturated carbocycles. The van der Waals surface area contributed by atoms with E-state index in [2.05, 4.69) is 36.5 Å². The Bertz CT molecular complexity index is 247. The molecular weight excluding hydrogens is 226 g/mol. The first-order valence-corrected chi connectivity index (χ1v) is 7.38. The van der Waals surface area contributed by atoms with Gasteiger partial charge in [-0.25, -0.2) is 10.4 Å². The van der Waals surface area contributed by atoms with Crippen LogP contribution in [0, 0.1) is 0 Å². The first kappa shape index (κ1) is 15.4. The molecule has 4 nitrogen and oxygen atoms in total. The van der Waals surface area contributed by atoms with Crippen LogP contribution in [0.5, 0.6) is 0 Å². The second-order valence-electron chi connectivity index (χ2n) is 5.53. The molecule has 18 heavy (non-hydrogen) atoms. The van der Waals surface area contributed by atoms with Crippen LogP contribution in [0.15, 0.2) is 0 Å². The van der Waals surface area contributed by atoms with Crippen molar-refractivity contribution in [2.45, 2.75) is 77.9 Å². The zero-order valence-electron chi connectivity index (χ0n) is 12.3. The van der Waals surface area contributed by atoms with Gasteiger partial charge in [-0.3, -0.25) is 4.79 Å². The Balaban J connectivity index is 2.37. The van der Waals surface area contributed by atoms with Gasteiger partial charge in [-0.15, -0.1) is 0 Å². The molecule has 3 unspecified atom stereocenters. The molecule has 0 aliphatic carbocycles. The van der Waals surface area contributed by atoms with Gasteiger partial charge in [-0.05, 0) is 40.0 Å². The van der Waals surface area contributed by atoms with Crippen LogP contribution in [0.1, 0.15) is 59.8 Å². The maximum atomic E-state index is 11.9. The number of carbonyl (C=O) groups is 1. The van der Waals surface area contributed by atoms with Gasteiger partial charge in [0.1, 0.15) is 0 Å². The fourth-order valence-electron chi connectivity index (χ4n) is 2.50. The second kappa shape index (κ2) is 7.74. The molecule has 0 aromatic heterocycles. The summed E-state index contributed by atoms with van der Waals surface area (Å²) in [5, 5.41) is 5.23. The van der Waals surface area contributed by atoms with Gasteiger partial charge in [-0.1, -0.05) is 19.8 Å². The van der Waals surface area contributed by atoms with Gasteiger partial charge in [0.25, 0.3) is 0 Å². The summed E-state index contributed by atoms with van der Waals surface area (Å²) in [5.41, 5.74) is 3.37. The fraction of sp³-hybridized carbons (Fsp3) is 0.929. The molecule has 1 saturated heterocycles. The number of carbonyl (C=O) groups excluding carboxylic acids is 1. The zero-order chi connectivity index (χ0) is 13.5. The Morgan fingerprint density at radius 1 is 1.33 bits per heavy atom. The van der Waals surface area contributed by atoms with Crippen LogP contribution in [0.2, 0.25) is 0 Å². The fourth-order valence-corrected chi connectivity index (χ4v) is 2.50. The van der Waals surface area contributed by atoms with E-state index >= 15 is 0 Å². The average molecular weight is 255 g/mol. The lowest BCUT2D eigenvalue weighted by molar-refractivity contribution is -0.125. The van der Waals surface area contributed by atoms with Crippen molar-refractivity contribution in [2.75, 3.05) is 6.54 Å². The summed E-state index contributed by atoms with van der Waals surface area (Å²) in [5.74, 6) is 0.105. The highest BCUT2D eigenvalue weighted by atomic mass is 16.2. The van der Waals surface area contributed by atoms with Crippen molar-refractivity contribution in [3.05, 3.63) is 0 Å². The van der Waals surface area contributed by atoms with E-state index in [-0.39, 0.29) is 11.9 Å². The van der Waals surface area contributed by atoms with Gasteiger partial charge >= 0.3 is 0 Å². The van der Waals surface area contributed by atoms with E-state index in [0.29, 0.717) is 12.1 Å². The number of nitrogens with one attached hydrogen (secondary N) is 2. The molecular formula is C14H29N3O. The summed E-state index contributed by atoms with van der Waals surface area (Å²) in [7, 11) is 0. The molecule has 0 radical (unpaired) electrons. The second-order valence-corrected chi connectivity index (χ2v) is 5.53. The summed E-state index contributed by atoms with van der Waals surface area (Å²) in [6.45, 7) is 9.31. The number of piperidine rings is 1. The molecule has 106 valence electrons. The number of amides is 1. The topological polar surface area (TPSA) is 44.4 Å². The van der Waals surface area contributed by atoms with Crippen LogP contribution in [-0.2, 0) is 4.79 Å². The van der Waals surface area contributed by atoms with Gasteiger partial charge in [0, 0.05) is 18.6 Å². The number of hydrogen-bond acceptors (Lipinski definition) is 3. The van der Waals surface area contributed by atoms with Crippen molar-refractivity contribution in [1.29, 1.82) is 0 Å². The van der Waals surface area contributed by atoms with Crippen molar-refractivity contribution < 1.29 is 4.79 Å². The van der Waals surface area contributed by atoms with Crippen LogP contribution >= 0.6 is 0 Å². The lowest BCUT2D eigenvalue weighted by Gasteiger charge is -2.40. The molecule has 0 aromatic rings. The number of unbranched alkanes of at least 4 members (excludes halogenated alkanes) is 1. The molecule has 1 heterocycles. The van der Waals surface area contributed by atoms with Crippen LogP contribution in [-0.4, -0.2) is 35.6 Å². The lowest BCUT2D eigenvalue weighted by atomic mass is 10.00. The average Bonchev–Trinajstić information content (AvgIpc) is 2.34. The zero-order valence-corrected chi connectivity index (χ0v) is 12.3. The Hall–Kier alpha value is -0.610. The molecule has 1 rings (SSSR count). The predicted octanol–water partition coefficient (Wildman–Crippen LogP) is 2.06. The van der Waals surface area contributed by atoms with Crippen molar-refractivity contribution in [3.63, 3.8) is 0 Å². The monoisotopic (exact) mass is 255 g/mol. The molecule has 0 spiro atoms. The molecule has 0 aromatic carbocycles. The molecule has 1 aliphatic heterocycles. The van der Waals surface area contributed by atoms with Gasteiger partial charge < -0.3 is 5.32 Å². The van der Waals surface area contributed by atoms with Crippen molar-refractivity contribution in [3.8, 4) is 0 Å². The first-order chi connectivity index (χ1) is 8.56. The van der Waals surface area contributed by atoms with Gasteiger partial charge in [-0.2, -0.15) is 0 Å². The van der Waals surface area contributed by atoms with E-state index in [0.717, 1.165) is 19.4 Å².